The number of hydrogen-bond donors (Lipinski definition) is 1. The number of carbonyl (C=O) groups excluding carboxylic acids is 1. The lowest BCUT2D eigenvalue weighted by molar-refractivity contribution is -0.0667. The van der Waals surface area contributed by atoms with Gasteiger partial charge in [0.15, 0.2) is 0 Å². The van der Waals surface area contributed by atoms with Gasteiger partial charge in [-0.25, -0.2) is 0 Å². The lowest BCUT2D eigenvalue weighted by atomic mass is 10.1. The maximum atomic E-state index is 13.4. The summed E-state index contributed by atoms with van der Waals surface area (Å²) in [6.45, 7) is 2.88. The molecule has 0 bridgehead atoms. The van der Waals surface area contributed by atoms with Gasteiger partial charge in [-0.15, -0.1) is 11.3 Å². The van der Waals surface area contributed by atoms with Crippen molar-refractivity contribution in [3.8, 4) is 5.00 Å². The Morgan fingerprint density at radius 3 is 2.92 bits per heavy atom. The van der Waals surface area contributed by atoms with E-state index in [1.165, 1.54) is 10.4 Å². The van der Waals surface area contributed by atoms with Crippen LogP contribution in [-0.2, 0) is 17.6 Å². The predicted octanol–water partition coefficient (Wildman–Crippen LogP) is 2.25. The fourth-order valence-electron chi connectivity index (χ4n) is 3.62. The van der Waals surface area contributed by atoms with E-state index in [1.54, 1.807) is 11.3 Å². The number of morpholine rings is 1. The molecule has 24 heavy (non-hydrogen) atoms. The number of fused-ring (bicyclic) bond motifs is 1. The van der Waals surface area contributed by atoms with E-state index in [9.17, 15) is 9.90 Å². The third-order valence-electron chi connectivity index (χ3n) is 4.93. The van der Waals surface area contributed by atoms with Crippen LogP contribution < -0.4 is 0 Å². The van der Waals surface area contributed by atoms with Gasteiger partial charge < -0.3 is 19.3 Å². The van der Waals surface area contributed by atoms with Crippen molar-refractivity contribution in [1.82, 2.24) is 9.47 Å². The van der Waals surface area contributed by atoms with Gasteiger partial charge in [-0.2, -0.15) is 0 Å². The first-order valence-electron chi connectivity index (χ1n) is 8.50. The first-order chi connectivity index (χ1) is 11.7. The number of carbonyl (C=O) groups is 1. The monoisotopic (exact) mass is 346 g/mol. The summed E-state index contributed by atoms with van der Waals surface area (Å²) < 4.78 is 7.63. The van der Waals surface area contributed by atoms with E-state index < -0.39 is 0 Å². The summed E-state index contributed by atoms with van der Waals surface area (Å²) in [4.78, 5) is 16.6. The molecule has 4 rings (SSSR count). The van der Waals surface area contributed by atoms with Crippen LogP contribution in [0, 0.1) is 0 Å². The molecule has 6 heteroatoms. The number of rotatable bonds is 3. The number of ether oxygens (including phenoxy) is 1. The molecule has 2 aliphatic rings. The van der Waals surface area contributed by atoms with Crippen LogP contribution in [0.5, 0.6) is 0 Å². The first-order valence-corrected chi connectivity index (χ1v) is 9.32. The summed E-state index contributed by atoms with van der Waals surface area (Å²) in [7, 11) is 0. The second kappa shape index (κ2) is 6.35. The predicted molar refractivity (Wildman–Crippen MR) is 93.0 cm³/mol. The van der Waals surface area contributed by atoms with Gasteiger partial charge in [0.1, 0.15) is 5.00 Å². The fourth-order valence-corrected chi connectivity index (χ4v) is 4.96. The molecule has 0 aromatic carbocycles. The van der Waals surface area contributed by atoms with Gasteiger partial charge in [-0.1, -0.05) is 0 Å². The molecular weight excluding hydrogens is 324 g/mol. The van der Waals surface area contributed by atoms with Crippen molar-refractivity contribution in [3.05, 3.63) is 40.5 Å². The minimum absolute atomic E-state index is 0.0229. The van der Waals surface area contributed by atoms with Crippen molar-refractivity contribution in [2.24, 2.45) is 0 Å². The summed E-state index contributed by atoms with van der Waals surface area (Å²) in [6.07, 6.45) is 6.89. The van der Waals surface area contributed by atoms with Crippen LogP contribution in [-0.4, -0.2) is 52.4 Å². The normalized spacial score (nSPS) is 23.5. The summed E-state index contributed by atoms with van der Waals surface area (Å²) >= 11 is 1.74. The van der Waals surface area contributed by atoms with Crippen molar-refractivity contribution in [2.75, 3.05) is 19.8 Å². The molecule has 2 aromatic heterocycles. The number of nitrogens with zero attached hydrogens (tertiary/aromatic N) is 2. The molecule has 1 fully saturated rings. The lowest BCUT2D eigenvalue weighted by Gasteiger charge is -2.37. The zero-order valence-electron chi connectivity index (χ0n) is 13.8. The maximum Gasteiger partial charge on any atom is 0.257 e. The van der Waals surface area contributed by atoms with Crippen LogP contribution >= 0.6 is 11.3 Å². The van der Waals surface area contributed by atoms with Crippen LogP contribution in [0.4, 0.5) is 0 Å². The van der Waals surface area contributed by atoms with Gasteiger partial charge in [0.25, 0.3) is 5.91 Å². The van der Waals surface area contributed by atoms with Crippen molar-refractivity contribution in [1.29, 1.82) is 0 Å². The second-order valence-corrected chi connectivity index (χ2v) is 7.66. The Bertz CT molecular complexity index is 738. The maximum absolute atomic E-state index is 13.4. The summed E-state index contributed by atoms with van der Waals surface area (Å²) in [5.41, 5.74) is 2.09. The van der Waals surface area contributed by atoms with Gasteiger partial charge in [0, 0.05) is 23.8 Å². The molecule has 0 saturated carbocycles. The van der Waals surface area contributed by atoms with E-state index in [2.05, 4.69) is 0 Å². The van der Waals surface area contributed by atoms with Crippen LogP contribution in [0.3, 0.4) is 0 Å². The Kier molecular flexibility index (Phi) is 4.20. The molecular formula is C18H22N2O3S. The van der Waals surface area contributed by atoms with E-state index in [-0.39, 0.29) is 24.7 Å². The van der Waals surface area contributed by atoms with Crippen LogP contribution in [0.1, 0.15) is 34.1 Å². The minimum atomic E-state index is -0.285. The Morgan fingerprint density at radius 2 is 2.17 bits per heavy atom. The Hall–Kier alpha value is -1.63. The van der Waals surface area contributed by atoms with E-state index >= 15 is 0 Å². The number of aromatic nitrogens is 1. The Balaban J connectivity index is 1.74. The molecule has 1 N–H and O–H groups in total. The SMILES string of the molecule is CC1COC(CO)CN1C(=O)c1c(-n2cccc2)sc2c1CCC2. The zero-order valence-corrected chi connectivity index (χ0v) is 14.6. The van der Waals surface area contributed by atoms with Gasteiger partial charge in [0.05, 0.1) is 30.9 Å². The van der Waals surface area contributed by atoms with Crippen molar-refractivity contribution < 1.29 is 14.6 Å². The third kappa shape index (κ3) is 2.59. The smallest absolute Gasteiger partial charge is 0.257 e. The highest BCUT2D eigenvalue weighted by Crippen LogP contribution is 2.39. The number of aliphatic hydroxyl groups excluding tert-OH is 1. The third-order valence-corrected chi connectivity index (χ3v) is 6.23. The molecule has 1 aliphatic heterocycles. The van der Waals surface area contributed by atoms with Crippen LogP contribution in [0.25, 0.3) is 5.00 Å². The average molecular weight is 346 g/mol. The van der Waals surface area contributed by atoms with Crippen LogP contribution in [0.2, 0.25) is 0 Å². The Labute approximate surface area is 145 Å². The molecule has 2 atom stereocenters. The number of thiophene rings is 1. The van der Waals surface area contributed by atoms with E-state index in [0.717, 1.165) is 29.8 Å². The molecule has 128 valence electrons. The van der Waals surface area contributed by atoms with E-state index in [0.29, 0.717) is 13.2 Å². The minimum Gasteiger partial charge on any atom is -0.394 e. The van der Waals surface area contributed by atoms with Gasteiger partial charge in [0.2, 0.25) is 0 Å². The summed E-state index contributed by atoms with van der Waals surface area (Å²) in [5, 5.41) is 10.4. The van der Waals surface area contributed by atoms with E-state index in [1.807, 2.05) is 40.9 Å². The number of hydrogen-bond acceptors (Lipinski definition) is 4. The summed E-state index contributed by atoms with van der Waals surface area (Å²) in [6, 6.07) is 3.99. The summed E-state index contributed by atoms with van der Waals surface area (Å²) in [5.74, 6) is 0.0762. The number of aryl methyl sites for hydroxylation is 1. The lowest BCUT2D eigenvalue weighted by Crippen LogP contribution is -2.52. The van der Waals surface area contributed by atoms with Crippen molar-refractivity contribution in [2.45, 2.75) is 38.3 Å². The molecule has 1 aliphatic carbocycles. The number of amides is 1. The molecule has 1 saturated heterocycles. The van der Waals surface area contributed by atoms with Gasteiger partial charge >= 0.3 is 0 Å². The molecule has 2 aromatic rings. The van der Waals surface area contributed by atoms with E-state index in [4.69, 9.17) is 4.74 Å². The average Bonchev–Trinajstić information content (AvgIpc) is 3.30. The van der Waals surface area contributed by atoms with Gasteiger partial charge in [-0.05, 0) is 43.9 Å². The van der Waals surface area contributed by atoms with Crippen molar-refractivity contribution in [3.63, 3.8) is 0 Å². The highest BCUT2D eigenvalue weighted by molar-refractivity contribution is 7.15. The fraction of sp³-hybridized carbons (Fsp3) is 0.500. The van der Waals surface area contributed by atoms with Crippen LogP contribution in [0.15, 0.2) is 24.5 Å². The Morgan fingerprint density at radius 1 is 1.38 bits per heavy atom. The number of aliphatic hydroxyl groups is 1. The zero-order chi connectivity index (χ0) is 16.7. The van der Waals surface area contributed by atoms with Crippen molar-refractivity contribution >= 4 is 17.2 Å². The molecule has 0 radical (unpaired) electrons. The first kappa shape index (κ1) is 15.9. The topological polar surface area (TPSA) is 54.7 Å². The molecule has 2 unspecified atom stereocenters. The standard InChI is InChI=1S/C18H22N2O3S/c1-12-11-23-13(10-21)9-20(12)17(22)16-14-5-4-6-15(14)24-18(16)19-7-2-3-8-19/h2-3,7-8,12-13,21H,4-6,9-11H2,1H3. The molecule has 3 heterocycles. The highest BCUT2D eigenvalue weighted by atomic mass is 32.1. The molecule has 1 amide bonds. The largest absolute Gasteiger partial charge is 0.394 e. The molecule has 0 spiro atoms. The highest BCUT2D eigenvalue weighted by Gasteiger charge is 2.35. The van der Waals surface area contributed by atoms with Gasteiger partial charge in [-0.3, -0.25) is 4.79 Å². The quantitative estimate of drug-likeness (QED) is 0.927. The molecule has 5 nitrogen and oxygen atoms in total. The second-order valence-electron chi connectivity index (χ2n) is 6.57.